The molecule has 7 atom stereocenters. The Morgan fingerprint density at radius 2 is 1.69 bits per heavy atom. The summed E-state index contributed by atoms with van der Waals surface area (Å²) in [6.07, 6.45) is 18.6. The third kappa shape index (κ3) is 3.05. The molecule has 5 rings (SSSR count). The molecule has 0 spiro atoms. The predicted molar refractivity (Wildman–Crippen MR) is 115 cm³/mol. The Labute approximate surface area is 176 Å². The maximum atomic E-state index is 13.6. The molecular weight excluding hydrogens is 358 g/mol. The van der Waals surface area contributed by atoms with Gasteiger partial charge in [-0.3, -0.25) is 9.59 Å². The normalized spacial score (nSPS) is 47.5. The molecule has 0 saturated heterocycles. The highest BCUT2D eigenvalue weighted by Crippen LogP contribution is 2.65. The zero-order valence-corrected chi connectivity index (χ0v) is 18.4. The van der Waals surface area contributed by atoms with Crippen molar-refractivity contribution in [2.75, 3.05) is 0 Å². The van der Waals surface area contributed by atoms with Crippen molar-refractivity contribution < 1.29 is 9.59 Å². The van der Waals surface area contributed by atoms with E-state index in [4.69, 9.17) is 0 Å². The number of amides is 1. The van der Waals surface area contributed by atoms with E-state index in [9.17, 15) is 9.59 Å². The van der Waals surface area contributed by atoms with Crippen molar-refractivity contribution in [3.05, 3.63) is 12.2 Å². The first kappa shape index (κ1) is 19.8. The molecule has 0 radical (unpaired) electrons. The van der Waals surface area contributed by atoms with Crippen molar-refractivity contribution in [3.8, 4) is 0 Å². The SMILES string of the molecule is C[C@]12C=CC(=O)N[C@@H]1CC[C@@H]1[C@@H]2CC[C@]2(C)[C@@H](C(=O)C3CCCCCC3)CC[C@@H]12. The molecule has 1 aliphatic heterocycles. The van der Waals surface area contributed by atoms with Gasteiger partial charge >= 0.3 is 0 Å². The summed E-state index contributed by atoms with van der Waals surface area (Å²) >= 11 is 0. The molecular formula is C26H39NO2. The summed E-state index contributed by atoms with van der Waals surface area (Å²) in [5, 5.41) is 3.26. The standard InChI is InChI=1S/C26H39NO2/c1-25-15-13-20-18(9-12-22-26(20,2)16-14-23(28)27-22)19(25)10-11-21(25)24(29)17-7-5-3-4-6-8-17/h14,16-22H,3-13,15H2,1-2H3,(H,27,28)/t18-,19-,20-,21+,22+,25-,26+/m0/s1. The molecule has 3 heteroatoms. The van der Waals surface area contributed by atoms with Crippen LogP contribution in [0, 0.1) is 40.4 Å². The first-order valence-corrected chi connectivity index (χ1v) is 12.5. The Bertz CT molecular complexity index is 705. The lowest BCUT2D eigenvalue weighted by Crippen LogP contribution is -2.59. The van der Waals surface area contributed by atoms with Gasteiger partial charge in [0.1, 0.15) is 5.78 Å². The molecule has 0 unspecified atom stereocenters. The van der Waals surface area contributed by atoms with Gasteiger partial charge in [-0.05, 0) is 80.6 Å². The van der Waals surface area contributed by atoms with Crippen LogP contribution in [0.4, 0.5) is 0 Å². The fraction of sp³-hybridized carbons (Fsp3) is 0.846. The maximum absolute atomic E-state index is 13.6. The van der Waals surface area contributed by atoms with E-state index in [1.165, 1.54) is 51.4 Å². The predicted octanol–water partition coefficient (Wildman–Crippen LogP) is 5.44. The Hall–Kier alpha value is -1.12. The van der Waals surface area contributed by atoms with Crippen molar-refractivity contribution in [3.63, 3.8) is 0 Å². The molecule has 0 aromatic rings. The Kier molecular flexibility index (Phi) is 4.95. The number of rotatable bonds is 2. The van der Waals surface area contributed by atoms with Gasteiger partial charge in [0, 0.05) is 23.3 Å². The number of hydrogen-bond acceptors (Lipinski definition) is 2. The monoisotopic (exact) mass is 397 g/mol. The van der Waals surface area contributed by atoms with Crippen molar-refractivity contribution in [1.29, 1.82) is 0 Å². The second-order valence-corrected chi connectivity index (χ2v) is 11.5. The van der Waals surface area contributed by atoms with E-state index in [-0.39, 0.29) is 16.7 Å². The quantitative estimate of drug-likeness (QED) is 0.631. The number of carbonyl (C=O) groups is 2. The minimum Gasteiger partial charge on any atom is -0.349 e. The van der Waals surface area contributed by atoms with E-state index in [0.717, 1.165) is 31.6 Å². The highest BCUT2D eigenvalue weighted by atomic mass is 16.1. The van der Waals surface area contributed by atoms with Crippen LogP contribution >= 0.6 is 0 Å². The molecule has 29 heavy (non-hydrogen) atoms. The third-order valence-electron chi connectivity index (χ3n) is 10.3. The zero-order chi connectivity index (χ0) is 20.2. The number of ketones is 1. The van der Waals surface area contributed by atoms with Crippen LogP contribution < -0.4 is 5.32 Å². The van der Waals surface area contributed by atoms with E-state index in [1.54, 1.807) is 6.08 Å². The average Bonchev–Trinajstić information content (AvgIpc) is 2.88. The van der Waals surface area contributed by atoms with Gasteiger partial charge in [-0.2, -0.15) is 0 Å². The van der Waals surface area contributed by atoms with Gasteiger partial charge in [-0.1, -0.05) is 45.6 Å². The third-order valence-corrected chi connectivity index (χ3v) is 10.3. The molecule has 4 saturated carbocycles. The fourth-order valence-corrected chi connectivity index (χ4v) is 8.65. The van der Waals surface area contributed by atoms with E-state index < -0.39 is 0 Å². The van der Waals surface area contributed by atoms with Gasteiger partial charge in [0.15, 0.2) is 0 Å². The zero-order valence-electron chi connectivity index (χ0n) is 18.4. The van der Waals surface area contributed by atoms with Crippen LogP contribution in [0.5, 0.6) is 0 Å². The number of carbonyl (C=O) groups excluding carboxylic acids is 2. The fourth-order valence-electron chi connectivity index (χ4n) is 8.65. The van der Waals surface area contributed by atoms with E-state index >= 15 is 0 Å². The van der Waals surface area contributed by atoms with E-state index in [0.29, 0.717) is 35.5 Å². The molecule has 4 fully saturated rings. The topological polar surface area (TPSA) is 46.2 Å². The summed E-state index contributed by atoms with van der Waals surface area (Å²) in [5.41, 5.74) is 0.316. The van der Waals surface area contributed by atoms with Gasteiger partial charge in [0.05, 0.1) is 0 Å². The van der Waals surface area contributed by atoms with E-state index in [1.807, 2.05) is 0 Å². The maximum Gasteiger partial charge on any atom is 0.243 e. The second-order valence-electron chi connectivity index (χ2n) is 11.5. The number of nitrogens with one attached hydrogen (secondary N) is 1. The molecule has 5 aliphatic rings. The van der Waals surface area contributed by atoms with Gasteiger partial charge in [0.2, 0.25) is 5.91 Å². The molecule has 1 N–H and O–H groups in total. The lowest BCUT2D eigenvalue weighted by Gasteiger charge is -2.58. The molecule has 0 aromatic carbocycles. The smallest absolute Gasteiger partial charge is 0.243 e. The van der Waals surface area contributed by atoms with Gasteiger partial charge in [-0.15, -0.1) is 0 Å². The van der Waals surface area contributed by atoms with Crippen molar-refractivity contribution in [2.24, 2.45) is 40.4 Å². The molecule has 0 aromatic heterocycles. The second kappa shape index (κ2) is 7.24. The summed E-state index contributed by atoms with van der Waals surface area (Å²) in [6, 6.07) is 0.301. The Morgan fingerprint density at radius 3 is 2.45 bits per heavy atom. The lowest BCUT2D eigenvalue weighted by atomic mass is 9.47. The summed E-state index contributed by atoms with van der Waals surface area (Å²) in [7, 11) is 0. The van der Waals surface area contributed by atoms with Crippen LogP contribution in [0.15, 0.2) is 12.2 Å². The van der Waals surface area contributed by atoms with Crippen LogP contribution in [-0.4, -0.2) is 17.7 Å². The summed E-state index contributed by atoms with van der Waals surface area (Å²) < 4.78 is 0. The molecule has 4 aliphatic carbocycles. The van der Waals surface area contributed by atoms with Crippen molar-refractivity contribution in [2.45, 2.75) is 96.9 Å². The van der Waals surface area contributed by atoms with Gasteiger partial charge < -0.3 is 5.32 Å². The molecule has 3 nitrogen and oxygen atoms in total. The highest BCUT2D eigenvalue weighted by molar-refractivity contribution is 5.89. The molecule has 1 amide bonds. The van der Waals surface area contributed by atoms with Gasteiger partial charge in [-0.25, -0.2) is 0 Å². The highest BCUT2D eigenvalue weighted by Gasteiger charge is 2.61. The Morgan fingerprint density at radius 1 is 0.931 bits per heavy atom. The molecule has 160 valence electrons. The van der Waals surface area contributed by atoms with Crippen molar-refractivity contribution >= 4 is 11.7 Å². The first-order chi connectivity index (χ1) is 13.9. The molecule has 0 bridgehead atoms. The molecule has 1 heterocycles. The lowest BCUT2D eigenvalue weighted by molar-refractivity contribution is -0.136. The first-order valence-electron chi connectivity index (χ1n) is 12.5. The van der Waals surface area contributed by atoms with Gasteiger partial charge in [0.25, 0.3) is 0 Å². The summed E-state index contributed by atoms with van der Waals surface area (Å²) in [4.78, 5) is 25.6. The number of hydrogen-bond donors (Lipinski definition) is 1. The van der Waals surface area contributed by atoms with Crippen LogP contribution in [0.3, 0.4) is 0 Å². The largest absolute Gasteiger partial charge is 0.349 e. The summed E-state index contributed by atoms with van der Waals surface area (Å²) in [6.45, 7) is 4.86. The minimum atomic E-state index is 0.0847. The van der Waals surface area contributed by atoms with Crippen LogP contribution in [0.1, 0.15) is 90.9 Å². The average molecular weight is 398 g/mol. The summed E-state index contributed by atoms with van der Waals surface area (Å²) in [5.74, 6) is 3.46. The van der Waals surface area contributed by atoms with Crippen LogP contribution in [0.2, 0.25) is 0 Å². The van der Waals surface area contributed by atoms with Crippen molar-refractivity contribution in [1.82, 2.24) is 5.32 Å². The van der Waals surface area contributed by atoms with Crippen LogP contribution in [-0.2, 0) is 9.59 Å². The van der Waals surface area contributed by atoms with E-state index in [2.05, 4.69) is 25.2 Å². The Balaban J connectivity index is 1.37. The number of Topliss-reactive ketones (excluding diaryl/α,β-unsaturated/α-hetero) is 1. The minimum absolute atomic E-state index is 0.0847. The van der Waals surface area contributed by atoms with Crippen LogP contribution in [0.25, 0.3) is 0 Å². The number of fused-ring (bicyclic) bond motifs is 5.